The van der Waals surface area contributed by atoms with Crippen molar-refractivity contribution in [3.8, 4) is 0 Å². The molecule has 1 amide bonds. The molecule has 1 aromatic rings. The normalized spacial score (nSPS) is 12.0. The van der Waals surface area contributed by atoms with Crippen LogP contribution < -0.4 is 11.1 Å². The summed E-state index contributed by atoms with van der Waals surface area (Å²) in [5.41, 5.74) is 7.18. The molecule has 0 saturated carbocycles. The summed E-state index contributed by atoms with van der Waals surface area (Å²) in [4.78, 5) is 24.3. The fourth-order valence-electron chi connectivity index (χ4n) is 2.05. The first kappa shape index (κ1) is 18.2. The Morgan fingerprint density at radius 2 is 1.82 bits per heavy atom. The lowest BCUT2D eigenvalue weighted by Gasteiger charge is -2.16. The fourth-order valence-corrected chi connectivity index (χ4v) is 2.05. The molecule has 0 aliphatic heterocycles. The second-order valence-corrected chi connectivity index (χ2v) is 5.67. The van der Waals surface area contributed by atoms with Gasteiger partial charge in [-0.15, -0.1) is 0 Å². The van der Waals surface area contributed by atoms with Crippen LogP contribution in [0.2, 0.25) is 0 Å². The van der Waals surface area contributed by atoms with Crippen molar-refractivity contribution in [1.29, 1.82) is 0 Å². The van der Waals surface area contributed by atoms with Crippen molar-refractivity contribution in [2.45, 2.75) is 40.2 Å². The standard InChI is InChI=1S/C17H26N2O3/c1-4-22-17(21)15(10-5-12(2)3)16(20)19-14-8-6-13(11-18)7-9-14/h6-9,12,15H,4-5,10-11,18H2,1-3H3,(H,19,20). The molecule has 5 nitrogen and oxygen atoms in total. The highest BCUT2D eigenvalue weighted by Gasteiger charge is 2.28. The predicted molar refractivity (Wildman–Crippen MR) is 87.2 cm³/mol. The van der Waals surface area contributed by atoms with Gasteiger partial charge in [-0.3, -0.25) is 9.59 Å². The number of amides is 1. The van der Waals surface area contributed by atoms with Crippen LogP contribution in [0, 0.1) is 11.8 Å². The first-order chi connectivity index (χ1) is 10.5. The maximum Gasteiger partial charge on any atom is 0.318 e. The molecule has 0 aromatic heterocycles. The van der Waals surface area contributed by atoms with E-state index in [2.05, 4.69) is 19.2 Å². The minimum absolute atomic E-state index is 0.273. The molecule has 122 valence electrons. The lowest BCUT2D eigenvalue weighted by Crippen LogP contribution is -2.31. The Morgan fingerprint density at radius 3 is 2.32 bits per heavy atom. The van der Waals surface area contributed by atoms with Gasteiger partial charge >= 0.3 is 5.97 Å². The molecule has 3 N–H and O–H groups in total. The SMILES string of the molecule is CCOC(=O)C(CCC(C)C)C(=O)Nc1ccc(CN)cc1. The Morgan fingerprint density at radius 1 is 1.18 bits per heavy atom. The van der Waals surface area contributed by atoms with Crippen molar-refractivity contribution in [3.05, 3.63) is 29.8 Å². The summed E-state index contributed by atoms with van der Waals surface area (Å²) in [7, 11) is 0. The van der Waals surface area contributed by atoms with E-state index >= 15 is 0 Å². The summed E-state index contributed by atoms with van der Waals surface area (Å²) in [6, 6.07) is 7.27. The number of anilines is 1. The van der Waals surface area contributed by atoms with E-state index in [1.165, 1.54) is 0 Å². The van der Waals surface area contributed by atoms with Crippen LogP contribution in [0.4, 0.5) is 5.69 Å². The van der Waals surface area contributed by atoms with Gasteiger partial charge < -0.3 is 15.8 Å². The molecule has 0 spiro atoms. The highest BCUT2D eigenvalue weighted by atomic mass is 16.5. The second kappa shape index (κ2) is 9.20. The summed E-state index contributed by atoms with van der Waals surface area (Å²) in [6.45, 7) is 6.59. The Bertz CT molecular complexity index is 483. The van der Waals surface area contributed by atoms with Crippen LogP contribution in [0.15, 0.2) is 24.3 Å². The van der Waals surface area contributed by atoms with Gasteiger partial charge in [-0.05, 0) is 43.4 Å². The largest absolute Gasteiger partial charge is 0.465 e. The minimum atomic E-state index is -0.767. The lowest BCUT2D eigenvalue weighted by atomic mass is 9.97. The first-order valence-electron chi connectivity index (χ1n) is 7.74. The molecule has 0 aliphatic carbocycles. The number of hydrogen-bond donors (Lipinski definition) is 2. The molecule has 0 bridgehead atoms. The van der Waals surface area contributed by atoms with Gasteiger partial charge in [-0.25, -0.2) is 0 Å². The van der Waals surface area contributed by atoms with E-state index in [4.69, 9.17) is 10.5 Å². The maximum atomic E-state index is 12.4. The van der Waals surface area contributed by atoms with Crippen molar-refractivity contribution in [2.24, 2.45) is 17.6 Å². The van der Waals surface area contributed by atoms with E-state index in [1.54, 1.807) is 19.1 Å². The van der Waals surface area contributed by atoms with Crippen molar-refractivity contribution in [2.75, 3.05) is 11.9 Å². The number of rotatable bonds is 8. The quantitative estimate of drug-likeness (QED) is 0.571. The van der Waals surface area contributed by atoms with Crippen molar-refractivity contribution in [3.63, 3.8) is 0 Å². The number of nitrogens with two attached hydrogens (primary N) is 1. The van der Waals surface area contributed by atoms with Gasteiger partial charge in [0.25, 0.3) is 0 Å². The summed E-state index contributed by atoms with van der Waals surface area (Å²) in [5.74, 6) is -1.12. The van der Waals surface area contributed by atoms with Gasteiger partial charge in [0.2, 0.25) is 5.91 Å². The zero-order chi connectivity index (χ0) is 16.5. The summed E-state index contributed by atoms with van der Waals surface area (Å²) >= 11 is 0. The number of esters is 1. The highest BCUT2D eigenvalue weighted by Crippen LogP contribution is 2.17. The number of ether oxygens (including phenoxy) is 1. The monoisotopic (exact) mass is 306 g/mol. The van der Waals surface area contributed by atoms with E-state index in [1.807, 2.05) is 12.1 Å². The van der Waals surface area contributed by atoms with E-state index < -0.39 is 11.9 Å². The van der Waals surface area contributed by atoms with Gasteiger partial charge in [-0.2, -0.15) is 0 Å². The second-order valence-electron chi connectivity index (χ2n) is 5.67. The molecular formula is C17H26N2O3. The zero-order valence-electron chi connectivity index (χ0n) is 13.6. The van der Waals surface area contributed by atoms with E-state index in [0.29, 0.717) is 24.6 Å². The molecule has 5 heteroatoms. The smallest absolute Gasteiger partial charge is 0.318 e. The molecule has 0 fully saturated rings. The predicted octanol–water partition coefficient (Wildman–Crippen LogP) is 2.70. The van der Waals surface area contributed by atoms with Crippen LogP contribution in [0.25, 0.3) is 0 Å². The van der Waals surface area contributed by atoms with Gasteiger partial charge in [0, 0.05) is 12.2 Å². The molecule has 22 heavy (non-hydrogen) atoms. The summed E-state index contributed by atoms with van der Waals surface area (Å²) in [6.07, 6.45) is 1.28. The van der Waals surface area contributed by atoms with Gasteiger partial charge in [0.05, 0.1) is 6.61 Å². The lowest BCUT2D eigenvalue weighted by molar-refractivity contribution is -0.151. The molecular weight excluding hydrogens is 280 g/mol. The number of carbonyl (C=O) groups excluding carboxylic acids is 2. The Kier molecular flexibility index (Phi) is 7.60. The molecule has 0 saturated heterocycles. The number of hydrogen-bond acceptors (Lipinski definition) is 4. The molecule has 1 aromatic carbocycles. The molecule has 1 rings (SSSR count). The third kappa shape index (κ3) is 5.85. The van der Waals surface area contributed by atoms with Crippen LogP contribution >= 0.6 is 0 Å². The third-order valence-corrected chi connectivity index (χ3v) is 3.38. The Labute approximate surface area is 132 Å². The summed E-state index contributed by atoms with van der Waals surface area (Å²) < 4.78 is 5.02. The van der Waals surface area contributed by atoms with E-state index in [9.17, 15) is 9.59 Å². The summed E-state index contributed by atoms with van der Waals surface area (Å²) in [5, 5.41) is 2.78. The van der Waals surface area contributed by atoms with Crippen LogP contribution in [-0.4, -0.2) is 18.5 Å². The van der Waals surface area contributed by atoms with Crippen molar-refractivity contribution >= 4 is 17.6 Å². The van der Waals surface area contributed by atoms with Gasteiger partial charge in [0.1, 0.15) is 5.92 Å². The number of nitrogens with one attached hydrogen (secondary N) is 1. The van der Waals surface area contributed by atoms with Crippen LogP contribution in [0.3, 0.4) is 0 Å². The van der Waals surface area contributed by atoms with Crippen LogP contribution in [0.1, 0.15) is 39.2 Å². The van der Waals surface area contributed by atoms with Crippen molar-refractivity contribution in [1.82, 2.24) is 0 Å². The molecule has 0 heterocycles. The zero-order valence-corrected chi connectivity index (χ0v) is 13.6. The maximum absolute atomic E-state index is 12.4. The molecule has 1 unspecified atom stereocenters. The minimum Gasteiger partial charge on any atom is -0.465 e. The highest BCUT2D eigenvalue weighted by molar-refractivity contribution is 6.04. The van der Waals surface area contributed by atoms with E-state index in [0.717, 1.165) is 12.0 Å². The van der Waals surface area contributed by atoms with E-state index in [-0.39, 0.29) is 12.5 Å². The number of carbonyl (C=O) groups is 2. The topological polar surface area (TPSA) is 81.4 Å². The number of benzene rings is 1. The van der Waals surface area contributed by atoms with Crippen LogP contribution in [0.5, 0.6) is 0 Å². The van der Waals surface area contributed by atoms with Crippen molar-refractivity contribution < 1.29 is 14.3 Å². The Hall–Kier alpha value is -1.88. The Balaban J connectivity index is 2.74. The average molecular weight is 306 g/mol. The molecule has 0 aliphatic rings. The molecule has 0 radical (unpaired) electrons. The average Bonchev–Trinajstić information content (AvgIpc) is 2.48. The first-order valence-corrected chi connectivity index (χ1v) is 7.74. The fraction of sp³-hybridized carbons (Fsp3) is 0.529. The van der Waals surface area contributed by atoms with Crippen LogP contribution in [-0.2, 0) is 20.9 Å². The van der Waals surface area contributed by atoms with Gasteiger partial charge in [0.15, 0.2) is 0 Å². The van der Waals surface area contributed by atoms with Gasteiger partial charge in [-0.1, -0.05) is 26.0 Å². The molecule has 1 atom stereocenters. The third-order valence-electron chi connectivity index (χ3n) is 3.38.